The minimum absolute atomic E-state index is 0.0376. The van der Waals surface area contributed by atoms with Gasteiger partial charge < -0.3 is 4.74 Å². The molecule has 0 aromatic heterocycles. The van der Waals surface area contributed by atoms with Crippen LogP contribution in [-0.4, -0.2) is 21.5 Å². The number of carbonyl (C=O) groups is 1. The van der Waals surface area contributed by atoms with Crippen molar-refractivity contribution in [2.24, 2.45) is 0 Å². The van der Waals surface area contributed by atoms with Crippen LogP contribution < -0.4 is 4.72 Å². The van der Waals surface area contributed by atoms with E-state index in [1.165, 1.54) is 19.2 Å². The summed E-state index contributed by atoms with van der Waals surface area (Å²) in [6.45, 7) is 7.44. The Bertz CT molecular complexity index is 904. The van der Waals surface area contributed by atoms with Crippen LogP contribution in [0, 0.1) is 20.8 Å². The fraction of sp³-hybridized carbons (Fsp3) is 0.316. The maximum atomic E-state index is 12.7. The van der Waals surface area contributed by atoms with Gasteiger partial charge in [0, 0.05) is 6.04 Å². The van der Waals surface area contributed by atoms with Gasteiger partial charge in [0.25, 0.3) is 0 Å². The predicted octanol–water partition coefficient (Wildman–Crippen LogP) is 3.44. The van der Waals surface area contributed by atoms with Gasteiger partial charge in [-0.15, -0.1) is 0 Å². The Morgan fingerprint density at radius 2 is 1.68 bits per heavy atom. The minimum atomic E-state index is -3.78. The third-order valence-electron chi connectivity index (χ3n) is 4.16. The summed E-state index contributed by atoms with van der Waals surface area (Å²) in [6, 6.07) is 9.97. The van der Waals surface area contributed by atoms with Gasteiger partial charge in [0.05, 0.1) is 17.6 Å². The molecule has 0 aliphatic carbocycles. The van der Waals surface area contributed by atoms with Crippen molar-refractivity contribution in [2.75, 3.05) is 7.11 Å². The molecule has 5 nitrogen and oxygen atoms in total. The summed E-state index contributed by atoms with van der Waals surface area (Å²) in [5.74, 6) is -0.558. The molecule has 0 unspecified atom stereocenters. The van der Waals surface area contributed by atoms with Crippen molar-refractivity contribution >= 4 is 16.0 Å². The molecule has 0 aliphatic heterocycles. The van der Waals surface area contributed by atoms with Crippen LogP contribution in [0.3, 0.4) is 0 Å². The van der Waals surface area contributed by atoms with Crippen molar-refractivity contribution in [1.82, 2.24) is 4.72 Å². The van der Waals surface area contributed by atoms with Crippen LogP contribution in [0.25, 0.3) is 0 Å². The first-order valence-corrected chi connectivity index (χ1v) is 9.42. The number of benzene rings is 2. The molecular formula is C19H23NO4S. The van der Waals surface area contributed by atoms with E-state index >= 15 is 0 Å². The van der Waals surface area contributed by atoms with E-state index in [0.717, 1.165) is 16.7 Å². The standard InChI is InChI=1S/C19H23NO4S/c1-12-6-7-13(2)17(10-12)15(4)20-25(22,23)16-9-8-14(3)18(11-16)19(21)24-5/h6-11,15,20H,1-5H3/t15-/m0/s1. The Hall–Kier alpha value is -2.18. The van der Waals surface area contributed by atoms with Crippen LogP contribution in [0.2, 0.25) is 0 Å². The van der Waals surface area contributed by atoms with Gasteiger partial charge in [0.2, 0.25) is 10.0 Å². The molecule has 1 N–H and O–H groups in total. The molecule has 1 atom stereocenters. The highest BCUT2D eigenvalue weighted by Crippen LogP contribution is 2.23. The summed E-state index contributed by atoms with van der Waals surface area (Å²) in [5, 5.41) is 0. The van der Waals surface area contributed by atoms with E-state index < -0.39 is 22.0 Å². The Kier molecular flexibility index (Phi) is 5.65. The highest BCUT2D eigenvalue weighted by atomic mass is 32.2. The maximum absolute atomic E-state index is 12.7. The van der Waals surface area contributed by atoms with Crippen molar-refractivity contribution in [2.45, 2.75) is 38.6 Å². The van der Waals surface area contributed by atoms with Crippen LogP contribution in [0.15, 0.2) is 41.3 Å². The molecule has 25 heavy (non-hydrogen) atoms. The number of aryl methyl sites for hydroxylation is 3. The smallest absolute Gasteiger partial charge is 0.338 e. The fourth-order valence-corrected chi connectivity index (χ4v) is 3.94. The number of hydrogen-bond donors (Lipinski definition) is 1. The molecule has 6 heteroatoms. The lowest BCUT2D eigenvalue weighted by atomic mass is 10.0. The molecule has 2 aromatic carbocycles. The van der Waals surface area contributed by atoms with Gasteiger partial charge in [-0.3, -0.25) is 0 Å². The quantitative estimate of drug-likeness (QED) is 0.828. The van der Waals surface area contributed by atoms with E-state index in [1.807, 2.05) is 32.0 Å². The first-order valence-electron chi connectivity index (χ1n) is 7.94. The van der Waals surface area contributed by atoms with Gasteiger partial charge in [-0.1, -0.05) is 29.8 Å². The van der Waals surface area contributed by atoms with E-state index in [-0.39, 0.29) is 10.5 Å². The number of rotatable bonds is 5. The lowest BCUT2D eigenvalue weighted by Gasteiger charge is -2.18. The second-order valence-electron chi connectivity index (χ2n) is 6.17. The molecule has 134 valence electrons. The van der Waals surface area contributed by atoms with Gasteiger partial charge in [-0.2, -0.15) is 0 Å². The molecule has 0 heterocycles. The minimum Gasteiger partial charge on any atom is -0.465 e. The Morgan fingerprint density at radius 3 is 2.32 bits per heavy atom. The largest absolute Gasteiger partial charge is 0.465 e. The maximum Gasteiger partial charge on any atom is 0.338 e. The third kappa shape index (κ3) is 4.27. The number of carbonyl (C=O) groups excluding carboxylic acids is 1. The van der Waals surface area contributed by atoms with Crippen molar-refractivity contribution in [3.05, 3.63) is 64.2 Å². The van der Waals surface area contributed by atoms with Crippen LogP contribution in [-0.2, 0) is 14.8 Å². The molecule has 0 radical (unpaired) electrons. The number of sulfonamides is 1. The molecule has 2 aromatic rings. The average Bonchev–Trinajstić information content (AvgIpc) is 2.56. The second kappa shape index (κ2) is 7.37. The number of hydrogen-bond acceptors (Lipinski definition) is 4. The zero-order chi connectivity index (χ0) is 18.8. The summed E-state index contributed by atoms with van der Waals surface area (Å²) in [6.07, 6.45) is 0. The molecule has 0 amide bonds. The normalized spacial score (nSPS) is 12.7. The van der Waals surface area contributed by atoms with Gasteiger partial charge in [0.1, 0.15) is 0 Å². The molecule has 0 saturated heterocycles. The first kappa shape index (κ1) is 19.1. The number of esters is 1. The molecular weight excluding hydrogens is 338 g/mol. The van der Waals surface area contributed by atoms with Gasteiger partial charge in [-0.05, 0) is 56.5 Å². The molecule has 0 aliphatic rings. The van der Waals surface area contributed by atoms with Gasteiger partial charge in [-0.25, -0.2) is 17.9 Å². The summed E-state index contributed by atoms with van der Waals surface area (Å²) in [5.41, 5.74) is 3.90. The zero-order valence-electron chi connectivity index (χ0n) is 15.1. The lowest BCUT2D eigenvalue weighted by molar-refractivity contribution is 0.0599. The predicted molar refractivity (Wildman–Crippen MR) is 97.2 cm³/mol. The van der Waals surface area contributed by atoms with E-state index in [4.69, 9.17) is 4.74 Å². The van der Waals surface area contributed by atoms with Crippen molar-refractivity contribution in [3.63, 3.8) is 0 Å². The Morgan fingerprint density at radius 1 is 1.04 bits per heavy atom. The second-order valence-corrected chi connectivity index (χ2v) is 7.89. The van der Waals surface area contributed by atoms with E-state index in [0.29, 0.717) is 5.56 Å². The van der Waals surface area contributed by atoms with E-state index in [2.05, 4.69) is 4.72 Å². The van der Waals surface area contributed by atoms with Crippen LogP contribution >= 0.6 is 0 Å². The van der Waals surface area contributed by atoms with Crippen LogP contribution in [0.5, 0.6) is 0 Å². The van der Waals surface area contributed by atoms with E-state index in [9.17, 15) is 13.2 Å². The monoisotopic (exact) mass is 361 g/mol. The summed E-state index contributed by atoms with van der Waals surface area (Å²) in [4.78, 5) is 11.8. The topological polar surface area (TPSA) is 72.5 Å². The number of ether oxygens (including phenoxy) is 1. The lowest BCUT2D eigenvalue weighted by Crippen LogP contribution is -2.27. The summed E-state index contributed by atoms with van der Waals surface area (Å²) < 4.78 is 32.8. The average molecular weight is 361 g/mol. The van der Waals surface area contributed by atoms with E-state index in [1.54, 1.807) is 19.9 Å². The van der Waals surface area contributed by atoms with Gasteiger partial charge in [0.15, 0.2) is 0 Å². The highest BCUT2D eigenvalue weighted by molar-refractivity contribution is 7.89. The summed E-state index contributed by atoms with van der Waals surface area (Å²) in [7, 11) is -2.51. The van der Waals surface area contributed by atoms with Crippen LogP contribution in [0.1, 0.15) is 45.6 Å². The van der Waals surface area contributed by atoms with Crippen molar-refractivity contribution in [3.8, 4) is 0 Å². The van der Waals surface area contributed by atoms with Crippen molar-refractivity contribution < 1.29 is 17.9 Å². The molecule has 0 spiro atoms. The molecule has 0 fully saturated rings. The highest BCUT2D eigenvalue weighted by Gasteiger charge is 2.22. The van der Waals surface area contributed by atoms with Gasteiger partial charge >= 0.3 is 5.97 Å². The third-order valence-corrected chi connectivity index (χ3v) is 5.70. The molecule has 0 bridgehead atoms. The zero-order valence-corrected chi connectivity index (χ0v) is 15.9. The SMILES string of the molecule is COC(=O)c1cc(S(=O)(=O)N[C@@H](C)c2cc(C)ccc2C)ccc1C. The number of methoxy groups -OCH3 is 1. The first-order chi connectivity index (χ1) is 11.7. The fourth-order valence-electron chi connectivity index (χ4n) is 2.69. The summed E-state index contributed by atoms with van der Waals surface area (Å²) >= 11 is 0. The molecule has 2 rings (SSSR count). The van der Waals surface area contributed by atoms with Crippen LogP contribution in [0.4, 0.5) is 0 Å². The Labute approximate surface area is 149 Å². The Balaban J connectivity index is 2.36. The van der Waals surface area contributed by atoms with Crippen molar-refractivity contribution in [1.29, 1.82) is 0 Å². The molecule has 0 saturated carbocycles. The number of nitrogens with one attached hydrogen (secondary N) is 1.